The molecule has 4 heavy (non-hydrogen) atoms. The molecule has 0 nitrogen and oxygen atoms in total. The van der Waals surface area contributed by atoms with Gasteiger partial charge in [0, 0.05) is 21.7 Å². The van der Waals surface area contributed by atoms with E-state index in [-0.39, 0.29) is 34.9 Å². The summed E-state index contributed by atoms with van der Waals surface area (Å²) in [7, 11) is 9.53. The van der Waals surface area contributed by atoms with Crippen LogP contribution >= 0.6 is 20.2 Å². The van der Waals surface area contributed by atoms with Gasteiger partial charge in [-0.15, -0.1) is 0 Å². The number of hydrogen-bond donors (Lipinski definition) is 0. The fraction of sp³-hybridized carbons (Fsp3) is 0. The van der Waals surface area contributed by atoms with Crippen molar-refractivity contribution in [3.63, 3.8) is 0 Å². The summed E-state index contributed by atoms with van der Waals surface area (Å²) in [5.74, 6) is 0. The molecule has 0 unspecified atom stereocenters. The smallest absolute Gasteiger partial charge is 0 e. The van der Waals surface area contributed by atoms with Crippen LogP contribution in [0.25, 0.3) is 0 Å². The second-order valence-electron chi connectivity index (χ2n) is 0.0505. The summed E-state index contributed by atoms with van der Waals surface area (Å²) in [5, 5.41) is 0. The van der Waals surface area contributed by atoms with E-state index in [0.29, 0.717) is 0 Å². The minimum atomic E-state index is 0. The molecule has 0 aromatic heterocycles. The van der Waals surface area contributed by atoms with E-state index >= 15 is 0 Å². The molecule has 0 rings (SSSR count). The third-order valence-electron chi connectivity index (χ3n) is 0. The molecule has 0 radical (unpaired) electrons. The number of rotatable bonds is 0. The molecule has 0 saturated carbocycles. The molecule has 0 heterocycles. The predicted octanol–water partition coefficient (Wildman–Crippen LogP) is 1.37. The predicted molar refractivity (Wildman–Crippen MR) is 11.7 cm³/mol. The van der Waals surface area contributed by atoms with Gasteiger partial charge < -0.3 is 0 Å². The molecule has 0 saturated heterocycles. The van der Waals surface area contributed by atoms with Gasteiger partial charge in [-0.1, -0.05) is 0 Å². The Morgan fingerprint density at radius 1 is 1.25 bits per heavy atom. The number of halogens is 2. The van der Waals surface area contributed by atoms with E-state index in [1.165, 1.54) is 0 Å². The maximum absolute atomic E-state index is 4.76. The van der Waals surface area contributed by atoms with Gasteiger partial charge in [0.1, 0.15) is 0 Å². The van der Waals surface area contributed by atoms with Crippen molar-refractivity contribution in [2.75, 3.05) is 0 Å². The van der Waals surface area contributed by atoms with E-state index in [2.05, 4.69) is 0 Å². The van der Waals surface area contributed by atoms with E-state index in [1.54, 1.807) is 0 Å². The van der Waals surface area contributed by atoms with Crippen molar-refractivity contribution in [1.29, 1.82) is 0 Å². The summed E-state index contributed by atoms with van der Waals surface area (Å²) >= 11 is 0.194. The normalized spacial score (nSPS) is 5.50. The van der Waals surface area contributed by atoms with Gasteiger partial charge in [-0.25, -0.2) is 0 Å². The Labute approximate surface area is 54.7 Å². The summed E-state index contributed by atoms with van der Waals surface area (Å²) in [6.45, 7) is 0. The Morgan fingerprint density at radius 2 is 1.25 bits per heavy atom. The maximum atomic E-state index is 4.76. The largest absolute Gasteiger partial charge is 0 e. The molecule has 0 aliphatic rings. The zero-order valence-corrected chi connectivity index (χ0v) is 5.79. The molecule has 0 aliphatic heterocycles. The third-order valence-corrected chi connectivity index (χ3v) is 0. The first-order valence-electron chi connectivity index (χ1n) is 0.267. The summed E-state index contributed by atoms with van der Waals surface area (Å²) in [5.41, 5.74) is 0. The molecular weight excluding hydrogens is 175 g/mol. The summed E-state index contributed by atoms with van der Waals surface area (Å²) in [6, 6.07) is 0. The molecule has 0 N–H and O–H groups in total. The average molecular weight is 175 g/mol. The average Bonchev–Trinajstić information content (AvgIpc) is 0.918. The minimum Gasteiger partial charge on any atom is 0 e. The monoisotopic (exact) mass is 174 g/mol. The standard InChI is InChI=1S/2ClH.Fe.Ti/h2*1H;;/q;;+2;/p-2. The molecule has 0 bridgehead atoms. The summed E-state index contributed by atoms with van der Waals surface area (Å²) in [6.07, 6.45) is 0. The van der Waals surface area contributed by atoms with Crippen molar-refractivity contribution in [3.8, 4) is 0 Å². The van der Waals surface area contributed by atoms with Crippen molar-refractivity contribution in [2.24, 2.45) is 0 Å². The van der Waals surface area contributed by atoms with E-state index < -0.39 is 0 Å². The fourth-order valence-corrected chi connectivity index (χ4v) is 0. The van der Waals surface area contributed by atoms with Crippen LogP contribution in [-0.4, -0.2) is 0 Å². The van der Waals surface area contributed by atoms with Gasteiger partial charge in [0.15, 0.2) is 0 Å². The van der Waals surface area contributed by atoms with Gasteiger partial charge in [0.05, 0.1) is 0 Å². The van der Waals surface area contributed by atoms with E-state index in [9.17, 15) is 0 Å². The summed E-state index contributed by atoms with van der Waals surface area (Å²) in [4.78, 5) is 0. The Hall–Kier alpha value is 1.81. The van der Waals surface area contributed by atoms with Gasteiger partial charge in [-0.05, 0) is 0 Å². The van der Waals surface area contributed by atoms with Crippen LogP contribution in [0, 0.1) is 0 Å². The fourth-order valence-electron chi connectivity index (χ4n) is 0. The topological polar surface area (TPSA) is 0 Å². The van der Waals surface area contributed by atoms with Crippen molar-refractivity contribution in [3.05, 3.63) is 0 Å². The first-order valence-corrected chi connectivity index (χ1v) is 3.31. The van der Waals surface area contributed by atoms with Gasteiger partial charge in [-0.3, -0.25) is 0 Å². The van der Waals surface area contributed by atoms with E-state index in [0.717, 1.165) is 0 Å². The third kappa shape index (κ3) is 9.18. The molecule has 0 aliphatic carbocycles. The van der Waals surface area contributed by atoms with Crippen molar-refractivity contribution in [1.82, 2.24) is 0 Å². The molecule has 0 atom stereocenters. The van der Waals surface area contributed by atoms with Gasteiger partial charge in [-0.2, -0.15) is 0 Å². The first-order chi connectivity index (χ1) is 1.41. The van der Waals surface area contributed by atoms with Crippen LogP contribution in [0.3, 0.4) is 0 Å². The molecule has 0 fully saturated rings. The molecule has 0 aromatic rings. The van der Waals surface area contributed by atoms with Crippen molar-refractivity contribution in [2.45, 2.75) is 0 Å². The molecular formula is Cl2FeTi. The molecule has 0 amide bonds. The summed E-state index contributed by atoms with van der Waals surface area (Å²) < 4.78 is 0. The second-order valence-corrected chi connectivity index (χ2v) is 1.87. The molecule has 26 valence electrons. The van der Waals surface area contributed by atoms with Crippen LogP contribution in [0.15, 0.2) is 0 Å². The van der Waals surface area contributed by atoms with Gasteiger partial charge >= 0.3 is 33.3 Å². The molecule has 4 heteroatoms. The maximum Gasteiger partial charge on any atom is 0 e. The quantitative estimate of drug-likeness (QED) is 0.487. The Kier molecular flexibility index (Phi) is 20.5. The second kappa shape index (κ2) is 8.84. The van der Waals surface area contributed by atoms with Gasteiger partial charge in [0.25, 0.3) is 0 Å². The van der Waals surface area contributed by atoms with Crippen molar-refractivity contribution >= 4 is 20.2 Å². The zero-order valence-electron chi connectivity index (χ0n) is 1.61. The van der Waals surface area contributed by atoms with E-state index in [1.807, 2.05) is 0 Å². The van der Waals surface area contributed by atoms with Crippen LogP contribution in [0.1, 0.15) is 0 Å². The van der Waals surface area contributed by atoms with Crippen LogP contribution in [0.5, 0.6) is 0 Å². The Balaban J connectivity index is 0. The van der Waals surface area contributed by atoms with Crippen molar-refractivity contribution < 1.29 is 34.9 Å². The van der Waals surface area contributed by atoms with Crippen LogP contribution < -0.4 is 0 Å². The Bertz CT molecular complexity index is 6.00. The van der Waals surface area contributed by atoms with Crippen LogP contribution in [0.2, 0.25) is 0 Å². The van der Waals surface area contributed by atoms with Crippen LogP contribution in [0.4, 0.5) is 0 Å². The van der Waals surface area contributed by atoms with Crippen LogP contribution in [-0.2, 0) is 34.9 Å². The Morgan fingerprint density at radius 3 is 1.25 bits per heavy atom. The molecule has 0 spiro atoms. The molecule has 0 aromatic carbocycles. The zero-order chi connectivity index (χ0) is 2.71. The minimum absolute atomic E-state index is 0. The van der Waals surface area contributed by atoms with E-state index in [4.69, 9.17) is 20.2 Å². The number of hydrogen-bond acceptors (Lipinski definition) is 0. The first kappa shape index (κ1) is 9.26. The van der Waals surface area contributed by atoms with Gasteiger partial charge in [0.2, 0.25) is 0 Å². The SMILES string of the molecule is [Cl][Fe][Cl].[Ti].